The number of halogens is 6. The topological polar surface area (TPSA) is 44.4 Å². The molecule has 3 atom stereocenters. The molecule has 12 heteroatoms. The zero-order valence-corrected chi connectivity index (χ0v) is 19.6. The van der Waals surface area contributed by atoms with Crippen molar-refractivity contribution in [3.05, 3.63) is 65.2 Å². The number of carbonyl (C=O) groups excluding carboxylic acids is 1. The fraction of sp³-hybridized carbons (Fsp3) is 0.333. The summed E-state index contributed by atoms with van der Waals surface area (Å²) in [5.41, 5.74) is -2.55. The molecule has 180 valence electrons. The standard InChI is InChI=1S/C21H22F6N3OPS/c1-3-16(12-7-5-4-6-8-12)30(2)18(31)17(32)29-19(33)28-15-10-13(20(22,23)24)9-14(11-15)21(25,26)27/h4-11,16-17H,3,32H2,1-2H3,(H2,28,29,33)/t16-,17-/m0/s1. The van der Waals surface area contributed by atoms with Crippen molar-refractivity contribution in [1.29, 1.82) is 0 Å². The summed E-state index contributed by atoms with van der Waals surface area (Å²) in [6, 6.07) is 10.1. The second-order valence-corrected chi connectivity index (χ2v) is 8.23. The van der Waals surface area contributed by atoms with Crippen LogP contribution in [0.5, 0.6) is 0 Å². The number of amides is 1. The van der Waals surface area contributed by atoms with E-state index in [1.807, 2.05) is 37.3 Å². The normalized spacial score (nSPS) is 13.7. The molecule has 2 N–H and O–H groups in total. The molecule has 1 amide bonds. The van der Waals surface area contributed by atoms with E-state index >= 15 is 0 Å². The summed E-state index contributed by atoms with van der Waals surface area (Å²) in [7, 11) is 3.82. The molecule has 0 saturated heterocycles. The van der Waals surface area contributed by atoms with E-state index < -0.39 is 34.9 Å². The van der Waals surface area contributed by atoms with E-state index in [4.69, 9.17) is 12.2 Å². The Balaban J connectivity index is 2.14. The minimum atomic E-state index is -4.98. The molecule has 0 aromatic heterocycles. The van der Waals surface area contributed by atoms with Crippen molar-refractivity contribution in [2.75, 3.05) is 12.4 Å². The minimum absolute atomic E-state index is 0.0209. The van der Waals surface area contributed by atoms with Gasteiger partial charge in [0, 0.05) is 12.7 Å². The number of carbonyl (C=O) groups is 1. The monoisotopic (exact) mass is 509 g/mol. The van der Waals surface area contributed by atoms with Crippen molar-refractivity contribution in [3.8, 4) is 0 Å². The van der Waals surface area contributed by atoms with Crippen LogP contribution in [0.2, 0.25) is 0 Å². The summed E-state index contributed by atoms with van der Waals surface area (Å²) >= 11 is 5.01. The second kappa shape index (κ2) is 10.7. The summed E-state index contributed by atoms with van der Waals surface area (Å²) in [5.74, 6) is -1.36. The molecule has 2 aromatic rings. The SMILES string of the molecule is CC[C@@H](c1ccccc1)N(C)C(=O)[C@H](P)NC(=S)Nc1cc(C(F)(F)F)cc(C(F)(F)F)c1. The molecular weight excluding hydrogens is 487 g/mol. The third-order valence-corrected chi connectivity index (χ3v) is 5.46. The third-order valence-electron chi connectivity index (χ3n) is 4.78. The Morgan fingerprint density at radius 1 is 1.03 bits per heavy atom. The average Bonchev–Trinajstić information content (AvgIpc) is 2.72. The van der Waals surface area contributed by atoms with Crippen molar-refractivity contribution in [2.24, 2.45) is 0 Å². The molecule has 0 saturated carbocycles. The highest BCUT2D eigenvalue weighted by Crippen LogP contribution is 2.37. The molecule has 4 nitrogen and oxygen atoms in total. The van der Waals surface area contributed by atoms with Crippen LogP contribution in [0.3, 0.4) is 0 Å². The molecule has 0 aliphatic carbocycles. The Labute approximate surface area is 194 Å². The van der Waals surface area contributed by atoms with E-state index in [1.165, 1.54) is 4.90 Å². The maximum Gasteiger partial charge on any atom is 0.416 e. The number of hydrogen-bond donors (Lipinski definition) is 2. The highest BCUT2D eigenvalue weighted by molar-refractivity contribution is 7.80. The van der Waals surface area contributed by atoms with Crippen molar-refractivity contribution in [1.82, 2.24) is 10.2 Å². The van der Waals surface area contributed by atoms with Crippen LogP contribution >= 0.6 is 21.5 Å². The van der Waals surface area contributed by atoms with Crippen LogP contribution in [-0.2, 0) is 17.1 Å². The summed E-state index contributed by atoms with van der Waals surface area (Å²) in [5, 5.41) is 4.58. The highest BCUT2D eigenvalue weighted by atomic mass is 32.1. The van der Waals surface area contributed by atoms with Crippen LogP contribution in [0.1, 0.15) is 36.1 Å². The van der Waals surface area contributed by atoms with E-state index in [-0.39, 0.29) is 23.1 Å². The summed E-state index contributed by atoms with van der Waals surface area (Å²) in [6.07, 6.45) is -9.35. The van der Waals surface area contributed by atoms with Gasteiger partial charge in [0.25, 0.3) is 0 Å². The van der Waals surface area contributed by atoms with Gasteiger partial charge >= 0.3 is 12.4 Å². The van der Waals surface area contributed by atoms with Gasteiger partial charge in [0.05, 0.1) is 17.2 Å². The molecule has 0 bridgehead atoms. The van der Waals surface area contributed by atoms with Crippen molar-refractivity contribution >= 4 is 38.2 Å². The maximum atomic E-state index is 13.0. The van der Waals surface area contributed by atoms with E-state index in [1.54, 1.807) is 7.05 Å². The maximum absolute atomic E-state index is 13.0. The van der Waals surface area contributed by atoms with Crippen LogP contribution in [0.25, 0.3) is 0 Å². The van der Waals surface area contributed by atoms with Gasteiger partial charge in [-0.1, -0.05) is 37.3 Å². The molecule has 0 fully saturated rings. The van der Waals surface area contributed by atoms with Crippen LogP contribution < -0.4 is 10.6 Å². The molecule has 33 heavy (non-hydrogen) atoms. The fourth-order valence-corrected chi connectivity index (χ4v) is 3.95. The predicted octanol–water partition coefficient (Wildman–Crippen LogP) is 5.82. The van der Waals surface area contributed by atoms with Gasteiger partial charge in [-0.05, 0) is 42.4 Å². The predicted molar refractivity (Wildman–Crippen MR) is 122 cm³/mol. The van der Waals surface area contributed by atoms with E-state index in [2.05, 4.69) is 19.9 Å². The molecule has 0 spiro atoms. The van der Waals surface area contributed by atoms with E-state index in [9.17, 15) is 31.1 Å². The average molecular weight is 509 g/mol. The number of thiocarbonyl (C=S) groups is 1. The van der Waals surface area contributed by atoms with Crippen LogP contribution in [0, 0.1) is 0 Å². The fourth-order valence-electron chi connectivity index (χ4n) is 3.18. The third kappa shape index (κ3) is 7.30. The number of hydrogen-bond acceptors (Lipinski definition) is 2. The first-order valence-electron chi connectivity index (χ1n) is 9.68. The molecule has 1 unspecified atom stereocenters. The lowest BCUT2D eigenvalue weighted by molar-refractivity contribution is -0.143. The zero-order valence-electron chi connectivity index (χ0n) is 17.6. The molecule has 0 aliphatic heterocycles. The molecule has 2 rings (SSSR count). The van der Waals surface area contributed by atoms with Crippen LogP contribution in [0.4, 0.5) is 32.0 Å². The number of nitrogens with zero attached hydrogens (tertiary/aromatic N) is 1. The van der Waals surface area contributed by atoms with Crippen molar-refractivity contribution in [3.63, 3.8) is 0 Å². The number of anilines is 1. The Morgan fingerprint density at radius 2 is 1.55 bits per heavy atom. The molecule has 0 radical (unpaired) electrons. The Hall–Kier alpha value is -2.39. The summed E-state index contributed by atoms with van der Waals surface area (Å²) < 4.78 is 78.2. The number of benzene rings is 2. The van der Waals surface area contributed by atoms with Crippen LogP contribution in [-0.4, -0.2) is 28.8 Å². The first-order valence-corrected chi connectivity index (χ1v) is 10.8. The van der Waals surface area contributed by atoms with Gasteiger partial charge in [-0.25, -0.2) is 0 Å². The van der Waals surface area contributed by atoms with E-state index in [0.717, 1.165) is 5.56 Å². The van der Waals surface area contributed by atoms with Crippen molar-refractivity contribution < 1.29 is 31.1 Å². The van der Waals surface area contributed by atoms with Gasteiger partial charge in [0.2, 0.25) is 5.91 Å². The van der Waals surface area contributed by atoms with Gasteiger partial charge in [-0.15, -0.1) is 9.24 Å². The lowest BCUT2D eigenvalue weighted by Crippen LogP contribution is -2.46. The minimum Gasteiger partial charge on any atom is -0.348 e. The van der Waals surface area contributed by atoms with Crippen LogP contribution in [0.15, 0.2) is 48.5 Å². The van der Waals surface area contributed by atoms with E-state index in [0.29, 0.717) is 18.6 Å². The number of nitrogens with one attached hydrogen (secondary N) is 2. The smallest absolute Gasteiger partial charge is 0.348 e. The largest absolute Gasteiger partial charge is 0.416 e. The lowest BCUT2D eigenvalue weighted by Gasteiger charge is -2.30. The first-order chi connectivity index (χ1) is 15.2. The van der Waals surface area contributed by atoms with Gasteiger partial charge in [0.1, 0.15) is 5.78 Å². The van der Waals surface area contributed by atoms with Crippen molar-refractivity contribution in [2.45, 2.75) is 37.5 Å². The first kappa shape index (κ1) is 26.9. The summed E-state index contributed by atoms with van der Waals surface area (Å²) in [6.45, 7) is 1.91. The number of likely N-dealkylation sites (N-methyl/N-ethyl adjacent to an activating group) is 1. The quantitative estimate of drug-likeness (QED) is 0.293. The van der Waals surface area contributed by atoms with Gasteiger partial charge < -0.3 is 15.5 Å². The Morgan fingerprint density at radius 3 is 2.00 bits per heavy atom. The Bertz CT molecular complexity index is 952. The summed E-state index contributed by atoms with van der Waals surface area (Å²) in [4.78, 5) is 14.3. The Kier molecular flexibility index (Phi) is 8.70. The molecule has 0 aliphatic rings. The number of alkyl halides is 6. The molecular formula is C21H22F6N3OPS. The van der Waals surface area contributed by atoms with Gasteiger partial charge in [-0.3, -0.25) is 4.79 Å². The second-order valence-electron chi connectivity index (χ2n) is 7.15. The number of rotatable bonds is 6. The zero-order chi connectivity index (χ0) is 25.0. The van der Waals surface area contributed by atoms with Gasteiger partial charge in [-0.2, -0.15) is 26.3 Å². The molecule has 0 heterocycles. The lowest BCUT2D eigenvalue weighted by atomic mass is 10.0. The molecule has 2 aromatic carbocycles. The van der Waals surface area contributed by atoms with Gasteiger partial charge in [0.15, 0.2) is 5.11 Å². The highest BCUT2D eigenvalue weighted by Gasteiger charge is 2.37.